The number of amides is 2. The average Bonchev–Trinajstić information content (AvgIpc) is 3.06. The van der Waals surface area contributed by atoms with Gasteiger partial charge in [-0.3, -0.25) is 14.3 Å². The highest BCUT2D eigenvalue weighted by Crippen LogP contribution is 2.26. The lowest BCUT2D eigenvalue weighted by Crippen LogP contribution is -2.54. The first-order valence-electron chi connectivity index (χ1n) is 10.2. The van der Waals surface area contributed by atoms with Crippen molar-refractivity contribution >= 4 is 22.8 Å². The molecule has 4 rings (SSSR count). The number of rotatable bonds is 3. The quantitative estimate of drug-likeness (QED) is 0.671. The Hall–Kier alpha value is -3.22. The smallest absolute Gasteiger partial charge is 0.255 e. The summed E-state index contributed by atoms with van der Waals surface area (Å²) in [4.78, 5) is 34.2. The Morgan fingerprint density at radius 3 is 2.30 bits per heavy atom. The minimum Gasteiger partial charge on any atom is -0.338 e. The number of aryl methyl sites for hydroxylation is 2. The van der Waals surface area contributed by atoms with Crippen molar-refractivity contribution in [2.24, 2.45) is 7.05 Å². The van der Waals surface area contributed by atoms with Gasteiger partial charge < -0.3 is 9.80 Å². The third-order valence-corrected chi connectivity index (χ3v) is 5.99. The van der Waals surface area contributed by atoms with Crippen molar-refractivity contribution in [2.45, 2.75) is 26.2 Å². The standard InChI is InChI=1S/C23H27N5O2/c1-16-19-14-17(15-24-20(19)26(4)25-16)21(29)27-10-12-28(13-11-27)22(30)23(2,3)18-8-6-5-7-9-18/h5-9,14-15H,10-13H2,1-4H3. The number of carbonyl (C=O) groups is 2. The third-order valence-electron chi connectivity index (χ3n) is 5.99. The minimum atomic E-state index is -0.597. The molecule has 1 aliphatic rings. The molecule has 7 nitrogen and oxygen atoms in total. The highest BCUT2D eigenvalue weighted by atomic mass is 16.2. The Labute approximate surface area is 176 Å². The maximum absolute atomic E-state index is 13.2. The van der Waals surface area contributed by atoms with Crippen LogP contribution in [0.25, 0.3) is 11.0 Å². The van der Waals surface area contributed by atoms with Crippen molar-refractivity contribution in [3.8, 4) is 0 Å². The van der Waals surface area contributed by atoms with Crippen LogP contribution in [0.3, 0.4) is 0 Å². The third kappa shape index (κ3) is 3.44. The molecule has 1 fully saturated rings. The molecule has 1 aromatic carbocycles. The molecule has 0 atom stereocenters. The lowest BCUT2D eigenvalue weighted by molar-refractivity contribution is -0.137. The van der Waals surface area contributed by atoms with Crippen molar-refractivity contribution in [3.05, 3.63) is 59.4 Å². The van der Waals surface area contributed by atoms with Gasteiger partial charge in [0.2, 0.25) is 5.91 Å². The van der Waals surface area contributed by atoms with Gasteiger partial charge in [0, 0.05) is 44.8 Å². The van der Waals surface area contributed by atoms with Crippen LogP contribution < -0.4 is 0 Å². The molecule has 3 heterocycles. The van der Waals surface area contributed by atoms with E-state index in [1.807, 2.05) is 69.1 Å². The Morgan fingerprint density at radius 1 is 1.00 bits per heavy atom. The largest absolute Gasteiger partial charge is 0.338 e. The molecule has 0 saturated carbocycles. The van der Waals surface area contributed by atoms with Crippen LogP contribution in [-0.2, 0) is 17.3 Å². The van der Waals surface area contributed by atoms with E-state index in [2.05, 4.69) is 10.1 Å². The van der Waals surface area contributed by atoms with Gasteiger partial charge in [-0.05, 0) is 32.4 Å². The van der Waals surface area contributed by atoms with E-state index in [1.165, 1.54) is 0 Å². The molecule has 3 aromatic rings. The van der Waals surface area contributed by atoms with Gasteiger partial charge in [-0.2, -0.15) is 5.10 Å². The van der Waals surface area contributed by atoms with Crippen molar-refractivity contribution in [3.63, 3.8) is 0 Å². The molecule has 2 aromatic heterocycles. The summed E-state index contributed by atoms with van der Waals surface area (Å²) in [6, 6.07) is 11.7. The molecule has 1 aliphatic heterocycles. The zero-order chi connectivity index (χ0) is 21.5. The molecule has 1 saturated heterocycles. The highest BCUT2D eigenvalue weighted by Gasteiger charge is 2.35. The molecule has 30 heavy (non-hydrogen) atoms. The Bertz CT molecular complexity index is 1100. The van der Waals surface area contributed by atoms with E-state index in [9.17, 15) is 9.59 Å². The van der Waals surface area contributed by atoms with Gasteiger partial charge in [0.25, 0.3) is 5.91 Å². The lowest BCUT2D eigenvalue weighted by atomic mass is 9.83. The van der Waals surface area contributed by atoms with Gasteiger partial charge in [0.05, 0.1) is 16.7 Å². The van der Waals surface area contributed by atoms with Crippen LogP contribution in [0.5, 0.6) is 0 Å². The second kappa shape index (κ2) is 7.55. The lowest BCUT2D eigenvalue weighted by Gasteiger charge is -2.38. The number of pyridine rings is 1. The zero-order valence-corrected chi connectivity index (χ0v) is 17.9. The van der Waals surface area contributed by atoms with Crippen LogP contribution in [0.2, 0.25) is 0 Å². The number of benzene rings is 1. The van der Waals surface area contributed by atoms with Crippen LogP contribution >= 0.6 is 0 Å². The Kier molecular flexibility index (Phi) is 5.05. The summed E-state index contributed by atoms with van der Waals surface area (Å²) in [5, 5.41) is 5.26. The maximum atomic E-state index is 13.2. The summed E-state index contributed by atoms with van der Waals surface area (Å²) < 4.78 is 1.72. The average molecular weight is 406 g/mol. The number of piperazine rings is 1. The predicted octanol–water partition coefficient (Wildman–Crippen LogP) is 2.54. The summed E-state index contributed by atoms with van der Waals surface area (Å²) in [5.74, 6) is 0.0388. The molecule has 0 radical (unpaired) electrons. The van der Waals surface area contributed by atoms with Gasteiger partial charge in [-0.1, -0.05) is 30.3 Å². The summed E-state index contributed by atoms with van der Waals surface area (Å²) in [6.07, 6.45) is 1.61. The van der Waals surface area contributed by atoms with Gasteiger partial charge in [0.1, 0.15) is 0 Å². The Balaban J connectivity index is 1.45. The Morgan fingerprint density at radius 2 is 1.63 bits per heavy atom. The first-order valence-corrected chi connectivity index (χ1v) is 10.2. The molecule has 0 spiro atoms. The molecule has 7 heteroatoms. The fourth-order valence-corrected chi connectivity index (χ4v) is 4.09. The summed E-state index contributed by atoms with van der Waals surface area (Å²) in [5.41, 5.74) is 2.58. The van der Waals surface area contributed by atoms with E-state index in [1.54, 1.807) is 15.8 Å². The molecule has 156 valence electrons. The molecule has 0 N–H and O–H groups in total. The van der Waals surface area contributed by atoms with Gasteiger partial charge >= 0.3 is 0 Å². The van der Waals surface area contributed by atoms with Crippen LogP contribution in [-0.4, -0.2) is 62.6 Å². The maximum Gasteiger partial charge on any atom is 0.255 e. The second-order valence-electron chi connectivity index (χ2n) is 8.38. The minimum absolute atomic E-state index is 0.0536. The molecule has 0 aliphatic carbocycles. The van der Waals surface area contributed by atoms with E-state index in [0.29, 0.717) is 31.7 Å². The monoisotopic (exact) mass is 405 g/mol. The summed E-state index contributed by atoms with van der Waals surface area (Å²) in [7, 11) is 1.84. The van der Waals surface area contributed by atoms with Crippen LogP contribution in [0, 0.1) is 6.92 Å². The van der Waals surface area contributed by atoms with Crippen molar-refractivity contribution < 1.29 is 9.59 Å². The number of hydrogen-bond acceptors (Lipinski definition) is 4. The fourth-order valence-electron chi connectivity index (χ4n) is 4.09. The van der Waals surface area contributed by atoms with Crippen LogP contribution in [0.1, 0.15) is 35.5 Å². The van der Waals surface area contributed by atoms with Crippen molar-refractivity contribution in [2.75, 3.05) is 26.2 Å². The van der Waals surface area contributed by atoms with E-state index in [-0.39, 0.29) is 11.8 Å². The van der Waals surface area contributed by atoms with E-state index >= 15 is 0 Å². The SMILES string of the molecule is Cc1nn(C)c2ncc(C(=O)N3CCN(C(=O)C(C)(C)c4ccccc4)CC3)cc12. The predicted molar refractivity (Wildman–Crippen MR) is 115 cm³/mol. The van der Waals surface area contributed by atoms with Gasteiger partial charge in [-0.25, -0.2) is 4.98 Å². The topological polar surface area (TPSA) is 71.3 Å². The van der Waals surface area contributed by atoms with Gasteiger partial charge in [0.15, 0.2) is 5.65 Å². The molecular weight excluding hydrogens is 378 g/mol. The molecule has 0 bridgehead atoms. The molecule has 2 amide bonds. The van der Waals surface area contributed by atoms with Crippen LogP contribution in [0.4, 0.5) is 0 Å². The normalized spacial score (nSPS) is 14.9. The number of hydrogen-bond donors (Lipinski definition) is 0. The molecule has 0 unspecified atom stereocenters. The summed E-state index contributed by atoms with van der Waals surface area (Å²) in [6.45, 7) is 7.92. The fraction of sp³-hybridized carbons (Fsp3) is 0.391. The van der Waals surface area contributed by atoms with E-state index in [4.69, 9.17) is 0 Å². The van der Waals surface area contributed by atoms with Crippen LogP contribution in [0.15, 0.2) is 42.6 Å². The summed E-state index contributed by atoms with van der Waals surface area (Å²) >= 11 is 0. The second-order valence-corrected chi connectivity index (χ2v) is 8.38. The number of aromatic nitrogens is 3. The highest BCUT2D eigenvalue weighted by molar-refractivity contribution is 5.97. The number of fused-ring (bicyclic) bond motifs is 1. The van der Waals surface area contributed by atoms with E-state index < -0.39 is 5.41 Å². The number of nitrogens with zero attached hydrogens (tertiary/aromatic N) is 5. The number of carbonyl (C=O) groups excluding carboxylic acids is 2. The van der Waals surface area contributed by atoms with E-state index in [0.717, 1.165) is 22.3 Å². The van der Waals surface area contributed by atoms with Crippen molar-refractivity contribution in [1.29, 1.82) is 0 Å². The van der Waals surface area contributed by atoms with Gasteiger partial charge in [-0.15, -0.1) is 0 Å². The first kappa shape index (κ1) is 20.1. The first-order chi connectivity index (χ1) is 14.3. The zero-order valence-electron chi connectivity index (χ0n) is 17.9. The van der Waals surface area contributed by atoms with Crippen molar-refractivity contribution in [1.82, 2.24) is 24.6 Å². The molecular formula is C23H27N5O2.